The third-order valence-corrected chi connectivity index (χ3v) is 7.70. The number of hydrogen-bond acceptors (Lipinski definition) is 3. The lowest BCUT2D eigenvalue weighted by Gasteiger charge is -2.42. The Kier molecular flexibility index (Phi) is 8.39. The normalized spacial score (nSPS) is 20.0. The molecule has 0 aromatic heterocycles. The van der Waals surface area contributed by atoms with Gasteiger partial charge in [0.25, 0.3) is 0 Å². The van der Waals surface area contributed by atoms with E-state index < -0.39 is 0 Å². The van der Waals surface area contributed by atoms with E-state index in [4.69, 9.17) is 0 Å². The lowest BCUT2D eigenvalue weighted by atomic mass is 9.93. The molecule has 4 rings (SSSR count). The molecule has 0 radical (unpaired) electrons. The second-order valence-electron chi connectivity index (χ2n) is 9.86. The van der Waals surface area contributed by atoms with Crippen molar-refractivity contribution in [1.29, 1.82) is 0 Å². The number of piperazine rings is 1. The van der Waals surface area contributed by atoms with Crippen molar-refractivity contribution in [2.75, 3.05) is 26.2 Å². The Morgan fingerprint density at radius 2 is 1.44 bits per heavy atom. The van der Waals surface area contributed by atoms with Crippen LogP contribution in [-0.2, 0) is 9.59 Å². The van der Waals surface area contributed by atoms with E-state index in [2.05, 4.69) is 48.3 Å². The van der Waals surface area contributed by atoms with Crippen LogP contribution in [0, 0.1) is 5.92 Å². The van der Waals surface area contributed by atoms with Gasteiger partial charge < -0.3 is 10.2 Å². The Labute approximate surface area is 204 Å². The topological polar surface area (TPSA) is 52.7 Å². The zero-order valence-electron chi connectivity index (χ0n) is 20.7. The van der Waals surface area contributed by atoms with Gasteiger partial charge in [-0.25, -0.2) is 0 Å². The number of amides is 2. The molecule has 2 aliphatic rings. The van der Waals surface area contributed by atoms with Crippen LogP contribution in [0.15, 0.2) is 60.7 Å². The van der Waals surface area contributed by atoms with Crippen LogP contribution < -0.4 is 5.32 Å². The van der Waals surface area contributed by atoms with E-state index in [-0.39, 0.29) is 29.8 Å². The van der Waals surface area contributed by atoms with Crippen LogP contribution in [0.4, 0.5) is 0 Å². The first-order valence-electron chi connectivity index (χ1n) is 13.0. The van der Waals surface area contributed by atoms with Crippen LogP contribution in [-0.4, -0.2) is 53.8 Å². The summed E-state index contributed by atoms with van der Waals surface area (Å²) in [6.45, 7) is 7.03. The van der Waals surface area contributed by atoms with E-state index in [0.717, 1.165) is 43.5 Å². The lowest BCUT2D eigenvalue weighted by molar-refractivity contribution is -0.136. The first-order valence-corrected chi connectivity index (χ1v) is 13.0. The Morgan fingerprint density at radius 1 is 0.882 bits per heavy atom. The van der Waals surface area contributed by atoms with Crippen molar-refractivity contribution < 1.29 is 9.59 Å². The Balaban J connectivity index is 1.41. The fourth-order valence-electron chi connectivity index (χ4n) is 5.75. The lowest BCUT2D eigenvalue weighted by Crippen LogP contribution is -2.58. The van der Waals surface area contributed by atoms with Gasteiger partial charge in [-0.1, -0.05) is 80.4 Å². The van der Waals surface area contributed by atoms with Gasteiger partial charge in [-0.3, -0.25) is 14.5 Å². The maximum atomic E-state index is 13.5. The number of nitrogens with zero attached hydrogens (tertiary/aromatic N) is 2. The highest BCUT2D eigenvalue weighted by Crippen LogP contribution is 2.32. The van der Waals surface area contributed by atoms with Crippen LogP contribution in [0.2, 0.25) is 0 Å². The molecule has 34 heavy (non-hydrogen) atoms. The van der Waals surface area contributed by atoms with Crippen LogP contribution in [0.25, 0.3) is 0 Å². The summed E-state index contributed by atoms with van der Waals surface area (Å²) in [4.78, 5) is 31.2. The minimum atomic E-state index is -0.109. The number of hydrogen-bond donors (Lipinski definition) is 1. The van der Waals surface area contributed by atoms with Gasteiger partial charge in [0.15, 0.2) is 0 Å². The number of carbonyl (C=O) groups excluding carboxylic acids is 2. The van der Waals surface area contributed by atoms with Gasteiger partial charge >= 0.3 is 0 Å². The van der Waals surface area contributed by atoms with E-state index in [1.807, 2.05) is 41.3 Å². The molecule has 1 N–H and O–H groups in total. The number of nitrogens with one attached hydrogen (secondary N) is 1. The first kappa shape index (κ1) is 24.5. The van der Waals surface area contributed by atoms with Crippen LogP contribution in [0.3, 0.4) is 0 Å². The van der Waals surface area contributed by atoms with E-state index in [9.17, 15) is 9.59 Å². The minimum Gasteiger partial charge on any atom is -0.348 e. The van der Waals surface area contributed by atoms with Gasteiger partial charge in [-0.15, -0.1) is 0 Å². The van der Waals surface area contributed by atoms with Gasteiger partial charge in [0.2, 0.25) is 11.8 Å². The molecule has 5 nitrogen and oxygen atoms in total. The molecule has 1 aliphatic heterocycles. The molecule has 5 heteroatoms. The van der Waals surface area contributed by atoms with Gasteiger partial charge in [0, 0.05) is 26.2 Å². The molecular formula is C29H39N3O2. The van der Waals surface area contributed by atoms with Crippen molar-refractivity contribution in [2.45, 2.75) is 64.0 Å². The fraction of sp³-hybridized carbons (Fsp3) is 0.517. The summed E-state index contributed by atoms with van der Waals surface area (Å²) in [6, 6.07) is 20.1. The van der Waals surface area contributed by atoms with E-state index >= 15 is 0 Å². The average Bonchev–Trinajstić information content (AvgIpc) is 3.40. The first-order chi connectivity index (χ1) is 16.6. The molecule has 3 atom stereocenters. The second kappa shape index (κ2) is 11.7. The average molecular weight is 462 g/mol. The predicted octanol–water partition coefficient (Wildman–Crippen LogP) is 4.76. The number of benzene rings is 2. The van der Waals surface area contributed by atoms with Crippen molar-refractivity contribution in [3.05, 3.63) is 71.8 Å². The zero-order chi connectivity index (χ0) is 23.9. The fourth-order valence-corrected chi connectivity index (χ4v) is 5.75. The van der Waals surface area contributed by atoms with Crippen molar-refractivity contribution in [1.82, 2.24) is 15.1 Å². The van der Waals surface area contributed by atoms with Crippen LogP contribution in [0.5, 0.6) is 0 Å². The summed E-state index contributed by atoms with van der Waals surface area (Å²) >= 11 is 0. The summed E-state index contributed by atoms with van der Waals surface area (Å²) in [5.41, 5.74) is 2.22. The quantitative estimate of drug-likeness (QED) is 0.617. The summed E-state index contributed by atoms with van der Waals surface area (Å²) < 4.78 is 0. The molecule has 2 amide bonds. The molecule has 1 saturated heterocycles. The monoisotopic (exact) mass is 461 g/mol. The maximum Gasteiger partial charge on any atom is 0.238 e. The van der Waals surface area contributed by atoms with Gasteiger partial charge in [0.1, 0.15) is 0 Å². The molecule has 1 aliphatic carbocycles. The number of rotatable bonds is 8. The summed E-state index contributed by atoms with van der Waals surface area (Å²) in [7, 11) is 0. The molecule has 1 saturated carbocycles. The predicted molar refractivity (Wildman–Crippen MR) is 136 cm³/mol. The molecule has 0 unspecified atom stereocenters. The van der Waals surface area contributed by atoms with Crippen molar-refractivity contribution in [3.63, 3.8) is 0 Å². The Morgan fingerprint density at radius 3 is 2.00 bits per heavy atom. The third-order valence-electron chi connectivity index (χ3n) is 7.70. The van der Waals surface area contributed by atoms with Crippen LogP contribution in [0.1, 0.15) is 69.0 Å². The van der Waals surface area contributed by atoms with E-state index in [0.29, 0.717) is 19.0 Å². The molecule has 0 spiro atoms. The standard InChI is InChI=1S/C29H39N3O2/c1-3-26(24-14-8-5-9-15-24)29(34)32-20-18-31(19-21-32)27(25-16-10-11-17-25)28(33)30-22(2)23-12-6-4-7-13-23/h4-9,12-15,22,25-27H,3,10-11,16-21H2,1-2H3,(H,30,33)/t22-,26+,27+/m1/s1. The summed E-state index contributed by atoms with van der Waals surface area (Å²) in [6.07, 6.45) is 5.44. The molecule has 182 valence electrons. The second-order valence-corrected chi connectivity index (χ2v) is 9.86. The van der Waals surface area contributed by atoms with Gasteiger partial charge in [0.05, 0.1) is 18.0 Å². The highest BCUT2D eigenvalue weighted by atomic mass is 16.2. The minimum absolute atomic E-state index is 0.0170. The zero-order valence-corrected chi connectivity index (χ0v) is 20.7. The number of carbonyl (C=O) groups is 2. The smallest absolute Gasteiger partial charge is 0.238 e. The molecular weight excluding hydrogens is 422 g/mol. The third kappa shape index (κ3) is 5.69. The Hall–Kier alpha value is -2.66. The van der Waals surface area contributed by atoms with Crippen LogP contribution >= 0.6 is 0 Å². The van der Waals surface area contributed by atoms with E-state index in [1.165, 1.54) is 12.8 Å². The van der Waals surface area contributed by atoms with Crippen molar-refractivity contribution in [3.8, 4) is 0 Å². The Bertz CT molecular complexity index is 919. The largest absolute Gasteiger partial charge is 0.348 e. The van der Waals surface area contributed by atoms with Crippen molar-refractivity contribution >= 4 is 11.8 Å². The molecule has 2 aromatic carbocycles. The van der Waals surface area contributed by atoms with Gasteiger partial charge in [-0.2, -0.15) is 0 Å². The van der Waals surface area contributed by atoms with Crippen molar-refractivity contribution in [2.24, 2.45) is 5.92 Å². The highest BCUT2D eigenvalue weighted by Gasteiger charge is 2.38. The summed E-state index contributed by atoms with van der Waals surface area (Å²) in [5.74, 6) is 0.665. The molecule has 2 fully saturated rings. The van der Waals surface area contributed by atoms with E-state index in [1.54, 1.807) is 0 Å². The summed E-state index contributed by atoms with van der Waals surface area (Å²) in [5, 5.41) is 3.29. The SMILES string of the molecule is CC[C@H](C(=O)N1CCN([C@H](C(=O)N[C@H](C)c2ccccc2)C2CCCC2)CC1)c1ccccc1. The molecule has 0 bridgehead atoms. The highest BCUT2D eigenvalue weighted by molar-refractivity contribution is 5.84. The molecule has 2 aromatic rings. The van der Waals surface area contributed by atoms with Gasteiger partial charge in [-0.05, 0) is 43.2 Å². The maximum absolute atomic E-state index is 13.5. The molecule has 1 heterocycles.